The molecule has 2 unspecified atom stereocenters. The van der Waals surface area contributed by atoms with Gasteiger partial charge in [0.2, 0.25) is 5.91 Å². The Bertz CT molecular complexity index is 450. The number of hydrogen-bond acceptors (Lipinski definition) is 4. The second-order valence-corrected chi connectivity index (χ2v) is 9.29. The first kappa shape index (κ1) is 19.7. The molecule has 1 saturated carbocycles. The molecule has 1 amide bonds. The summed E-state index contributed by atoms with van der Waals surface area (Å²) in [5.74, 6) is 0.110. The third kappa shape index (κ3) is 3.78. The van der Waals surface area contributed by atoms with E-state index in [1.807, 2.05) is 11.8 Å². The van der Waals surface area contributed by atoms with Crippen molar-refractivity contribution < 1.29 is 9.53 Å². The van der Waals surface area contributed by atoms with Gasteiger partial charge in [0.05, 0.1) is 6.10 Å². The molecule has 0 aromatic heterocycles. The number of piperazine rings is 1. The minimum Gasteiger partial charge on any atom is -0.378 e. The van der Waals surface area contributed by atoms with Gasteiger partial charge in [-0.25, -0.2) is 0 Å². The first-order valence-corrected chi connectivity index (χ1v) is 9.43. The van der Waals surface area contributed by atoms with E-state index in [2.05, 4.69) is 39.5 Å². The van der Waals surface area contributed by atoms with Gasteiger partial charge in [-0.15, -0.1) is 0 Å². The van der Waals surface area contributed by atoms with E-state index in [4.69, 9.17) is 10.5 Å². The third-order valence-corrected chi connectivity index (χ3v) is 6.05. The lowest BCUT2D eigenvalue weighted by atomic mass is 9.54. The fourth-order valence-corrected chi connectivity index (χ4v) is 3.75. The number of hydrogen-bond donors (Lipinski definition) is 1. The highest BCUT2D eigenvalue weighted by Gasteiger charge is 2.63. The Labute approximate surface area is 147 Å². The molecule has 24 heavy (non-hydrogen) atoms. The van der Waals surface area contributed by atoms with Crippen molar-refractivity contribution in [3.05, 3.63) is 0 Å². The Morgan fingerprint density at radius 1 is 1.21 bits per heavy atom. The molecule has 0 radical (unpaired) electrons. The molecule has 1 heterocycles. The fraction of sp³-hybridized carbons (Fsp3) is 0.947. The number of nitrogens with zero attached hydrogens (tertiary/aromatic N) is 2. The molecule has 1 aliphatic carbocycles. The van der Waals surface area contributed by atoms with Gasteiger partial charge in [-0.3, -0.25) is 9.69 Å². The summed E-state index contributed by atoms with van der Waals surface area (Å²) in [5, 5.41) is 0. The molecule has 5 nitrogen and oxygen atoms in total. The molecule has 0 bridgehead atoms. The van der Waals surface area contributed by atoms with Crippen LogP contribution in [-0.2, 0) is 9.53 Å². The highest BCUT2D eigenvalue weighted by atomic mass is 16.5. The normalized spacial score (nSPS) is 31.0. The van der Waals surface area contributed by atoms with Crippen molar-refractivity contribution >= 4 is 5.91 Å². The van der Waals surface area contributed by atoms with Crippen molar-refractivity contribution in [2.24, 2.45) is 16.6 Å². The van der Waals surface area contributed by atoms with Crippen molar-refractivity contribution in [2.45, 2.75) is 66.0 Å². The Morgan fingerprint density at radius 2 is 1.79 bits per heavy atom. The molecule has 2 aliphatic rings. The molecular formula is C19H37N3O2. The molecule has 2 fully saturated rings. The van der Waals surface area contributed by atoms with Gasteiger partial charge in [-0.1, -0.05) is 34.6 Å². The molecule has 1 saturated heterocycles. The van der Waals surface area contributed by atoms with Gasteiger partial charge >= 0.3 is 0 Å². The van der Waals surface area contributed by atoms with Crippen molar-refractivity contribution in [2.75, 3.05) is 39.3 Å². The van der Waals surface area contributed by atoms with Crippen molar-refractivity contribution in [1.82, 2.24) is 9.80 Å². The summed E-state index contributed by atoms with van der Waals surface area (Å²) in [6, 6.07) is 0. The van der Waals surface area contributed by atoms with Gasteiger partial charge in [0.25, 0.3) is 0 Å². The van der Waals surface area contributed by atoms with Gasteiger partial charge in [0, 0.05) is 44.6 Å². The molecule has 0 spiro atoms. The van der Waals surface area contributed by atoms with E-state index < -0.39 is 5.54 Å². The fourth-order valence-electron chi connectivity index (χ4n) is 3.75. The number of carbonyl (C=O) groups is 1. The highest BCUT2D eigenvalue weighted by molar-refractivity contribution is 5.89. The van der Waals surface area contributed by atoms with Gasteiger partial charge in [0.1, 0.15) is 5.54 Å². The Kier molecular flexibility index (Phi) is 5.68. The lowest BCUT2D eigenvalue weighted by Gasteiger charge is -2.59. The van der Waals surface area contributed by atoms with E-state index in [1.165, 1.54) is 6.42 Å². The van der Waals surface area contributed by atoms with Crippen LogP contribution in [0.15, 0.2) is 0 Å². The summed E-state index contributed by atoms with van der Waals surface area (Å²) in [6.07, 6.45) is 1.91. The molecule has 1 aliphatic heterocycles. The zero-order valence-electron chi connectivity index (χ0n) is 16.5. The molecule has 0 aromatic carbocycles. The average molecular weight is 340 g/mol. The molecule has 2 N–H and O–H groups in total. The Balaban J connectivity index is 1.87. The second-order valence-electron chi connectivity index (χ2n) is 9.29. The summed E-state index contributed by atoms with van der Waals surface area (Å²) in [5.41, 5.74) is 5.82. The summed E-state index contributed by atoms with van der Waals surface area (Å²) in [6.45, 7) is 18.2. The number of ether oxygens (including phenoxy) is 1. The lowest BCUT2D eigenvalue weighted by Crippen LogP contribution is -2.76. The lowest BCUT2D eigenvalue weighted by molar-refractivity contribution is -0.180. The van der Waals surface area contributed by atoms with E-state index in [9.17, 15) is 4.79 Å². The topological polar surface area (TPSA) is 58.8 Å². The SMILES string of the molecule is CCOC1CC(N)(C(=O)N2CCN(CCC(C)(C)C)CC2)C1(C)C. The van der Waals surface area contributed by atoms with Gasteiger partial charge in [0.15, 0.2) is 0 Å². The summed E-state index contributed by atoms with van der Waals surface area (Å²) in [7, 11) is 0. The van der Waals surface area contributed by atoms with Crippen LogP contribution in [0.1, 0.15) is 54.4 Å². The molecule has 140 valence electrons. The maximum absolute atomic E-state index is 13.0. The van der Waals surface area contributed by atoms with E-state index in [0.717, 1.165) is 32.7 Å². The molecule has 0 aromatic rings. The minimum atomic E-state index is -0.777. The molecular weight excluding hydrogens is 302 g/mol. The van der Waals surface area contributed by atoms with Crippen LogP contribution in [-0.4, -0.2) is 66.7 Å². The zero-order valence-corrected chi connectivity index (χ0v) is 16.5. The molecule has 2 atom stereocenters. The summed E-state index contributed by atoms with van der Waals surface area (Å²) >= 11 is 0. The van der Waals surface area contributed by atoms with Crippen molar-refractivity contribution in [1.29, 1.82) is 0 Å². The maximum Gasteiger partial charge on any atom is 0.243 e. The van der Waals surface area contributed by atoms with Gasteiger partial charge in [-0.2, -0.15) is 0 Å². The maximum atomic E-state index is 13.0. The van der Waals surface area contributed by atoms with Crippen molar-refractivity contribution in [3.63, 3.8) is 0 Å². The van der Waals surface area contributed by atoms with Gasteiger partial charge < -0.3 is 15.4 Å². The first-order valence-electron chi connectivity index (χ1n) is 9.43. The molecule has 5 heteroatoms. The van der Waals surface area contributed by atoms with Crippen LogP contribution in [0.3, 0.4) is 0 Å². The van der Waals surface area contributed by atoms with E-state index in [0.29, 0.717) is 18.4 Å². The van der Waals surface area contributed by atoms with Crippen LogP contribution in [0.2, 0.25) is 0 Å². The quantitative estimate of drug-likeness (QED) is 0.833. The Morgan fingerprint density at radius 3 is 2.25 bits per heavy atom. The average Bonchev–Trinajstić information content (AvgIpc) is 2.51. The van der Waals surface area contributed by atoms with E-state index in [-0.39, 0.29) is 17.4 Å². The van der Waals surface area contributed by atoms with Gasteiger partial charge in [-0.05, 0) is 25.3 Å². The summed E-state index contributed by atoms with van der Waals surface area (Å²) in [4.78, 5) is 17.5. The summed E-state index contributed by atoms with van der Waals surface area (Å²) < 4.78 is 5.75. The monoisotopic (exact) mass is 339 g/mol. The number of amides is 1. The predicted octanol–water partition coefficient (Wildman–Crippen LogP) is 2.10. The van der Waals surface area contributed by atoms with E-state index >= 15 is 0 Å². The number of carbonyl (C=O) groups excluding carboxylic acids is 1. The first-order chi connectivity index (χ1) is 11.0. The van der Waals surface area contributed by atoms with E-state index in [1.54, 1.807) is 0 Å². The zero-order chi connectivity index (χ0) is 18.2. The van der Waals surface area contributed by atoms with Crippen LogP contribution in [0.4, 0.5) is 0 Å². The highest BCUT2D eigenvalue weighted by Crippen LogP contribution is 2.50. The van der Waals surface area contributed by atoms with Crippen LogP contribution in [0.25, 0.3) is 0 Å². The third-order valence-electron chi connectivity index (χ3n) is 6.05. The standard InChI is InChI=1S/C19H37N3O2/c1-7-24-15-14-19(20,18(15,5)6)16(23)22-12-10-21(11-13-22)9-8-17(2,3)4/h15H,7-14,20H2,1-6H3. The van der Waals surface area contributed by atoms with Crippen LogP contribution in [0.5, 0.6) is 0 Å². The molecule has 2 rings (SSSR count). The Hall–Kier alpha value is -0.650. The minimum absolute atomic E-state index is 0.0875. The number of nitrogens with two attached hydrogens (primary N) is 1. The smallest absolute Gasteiger partial charge is 0.243 e. The predicted molar refractivity (Wildman–Crippen MR) is 97.8 cm³/mol. The number of rotatable bonds is 5. The van der Waals surface area contributed by atoms with Crippen LogP contribution >= 0.6 is 0 Å². The van der Waals surface area contributed by atoms with Crippen molar-refractivity contribution in [3.8, 4) is 0 Å². The van der Waals surface area contributed by atoms with Crippen LogP contribution < -0.4 is 5.73 Å². The van der Waals surface area contributed by atoms with Crippen LogP contribution in [0, 0.1) is 10.8 Å². The largest absolute Gasteiger partial charge is 0.378 e. The second kappa shape index (κ2) is 6.93.